The molecule has 6 nitrogen and oxygen atoms in total. The number of carbonyl (C=O) groups is 1. The largest absolute Gasteiger partial charge is 0.447 e. The molecule has 1 amide bonds. The predicted octanol–water partition coefficient (Wildman–Crippen LogP) is -1.55. The fraction of sp³-hybridized carbons (Fsp3) is 0.857. The Labute approximate surface area is 76.1 Å². The van der Waals surface area contributed by atoms with Gasteiger partial charge in [0.1, 0.15) is 12.2 Å². The lowest BCUT2D eigenvalue weighted by Gasteiger charge is -2.20. The Morgan fingerprint density at radius 1 is 1.54 bits per heavy atom. The molecule has 0 fully saturated rings. The molecule has 0 aromatic rings. The highest BCUT2D eigenvalue weighted by atomic mass is 16.6. The van der Waals surface area contributed by atoms with Gasteiger partial charge in [0, 0.05) is 0 Å². The van der Waals surface area contributed by atoms with Gasteiger partial charge in [-0.05, 0) is 6.92 Å². The van der Waals surface area contributed by atoms with Crippen molar-refractivity contribution in [2.45, 2.75) is 12.5 Å². The number of hydrogen-bond acceptors (Lipinski definition) is 5. The summed E-state index contributed by atoms with van der Waals surface area (Å²) in [5.41, 5.74) is -1.35. The van der Waals surface area contributed by atoms with Crippen LogP contribution in [0.2, 0.25) is 0 Å². The molecule has 0 radical (unpaired) electrons. The van der Waals surface area contributed by atoms with Crippen LogP contribution in [0.1, 0.15) is 6.92 Å². The van der Waals surface area contributed by atoms with Crippen LogP contribution >= 0.6 is 0 Å². The molecule has 0 rings (SSSR count). The normalized spacial score (nSPS) is 14.8. The van der Waals surface area contributed by atoms with Crippen molar-refractivity contribution in [3.8, 4) is 0 Å². The number of ether oxygens (including phenoxy) is 1. The zero-order valence-corrected chi connectivity index (χ0v) is 7.49. The highest BCUT2D eigenvalue weighted by molar-refractivity contribution is 5.67. The van der Waals surface area contributed by atoms with E-state index in [4.69, 9.17) is 10.2 Å². The van der Waals surface area contributed by atoms with E-state index >= 15 is 0 Å². The fourth-order valence-electron chi connectivity index (χ4n) is 0.508. The lowest BCUT2D eigenvalue weighted by atomic mass is 10.1. The Bertz CT molecular complexity index is 159. The van der Waals surface area contributed by atoms with E-state index < -0.39 is 18.3 Å². The Hall–Kier alpha value is -0.850. The first kappa shape index (κ1) is 12.2. The lowest BCUT2D eigenvalue weighted by Crippen LogP contribution is -2.43. The van der Waals surface area contributed by atoms with Gasteiger partial charge in [-0.25, -0.2) is 4.79 Å². The summed E-state index contributed by atoms with van der Waals surface area (Å²) in [4.78, 5) is 10.7. The van der Waals surface area contributed by atoms with Crippen molar-refractivity contribution in [3.63, 3.8) is 0 Å². The third-order valence-electron chi connectivity index (χ3n) is 1.28. The third-order valence-corrected chi connectivity index (χ3v) is 1.28. The maximum absolute atomic E-state index is 10.7. The molecule has 0 aliphatic rings. The average Bonchev–Trinajstić information content (AvgIpc) is 2.11. The van der Waals surface area contributed by atoms with Crippen molar-refractivity contribution in [2.75, 3.05) is 26.4 Å². The monoisotopic (exact) mass is 193 g/mol. The van der Waals surface area contributed by atoms with Gasteiger partial charge in [-0.1, -0.05) is 0 Å². The number of hydrogen-bond donors (Lipinski definition) is 4. The summed E-state index contributed by atoms with van der Waals surface area (Å²) in [6.07, 6.45) is -0.734. The molecular formula is C7H15NO5. The zero-order valence-electron chi connectivity index (χ0n) is 7.49. The lowest BCUT2D eigenvalue weighted by molar-refractivity contribution is 0.00205. The number of carbonyl (C=O) groups excluding carboxylic acids is 1. The minimum Gasteiger partial charge on any atom is -0.447 e. The minimum absolute atomic E-state index is 0.0902. The molecule has 0 saturated carbocycles. The summed E-state index contributed by atoms with van der Waals surface area (Å²) >= 11 is 0. The molecule has 0 aliphatic heterocycles. The Kier molecular flexibility index (Phi) is 5.36. The van der Waals surface area contributed by atoms with Gasteiger partial charge >= 0.3 is 6.09 Å². The highest BCUT2D eigenvalue weighted by Crippen LogP contribution is 1.98. The maximum atomic E-state index is 10.7. The summed E-state index contributed by atoms with van der Waals surface area (Å²) in [5.74, 6) is 0. The molecule has 0 aliphatic carbocycles. The second kappa shape index (κ2) is 5.74. The number of aliphatic hydroxyl groups is 3. The van der Waals surface area contributed by atoms with E-state index in [-0.39, 0.29) is 19.8 Å². The molecule has 0 aromatic carbocycles. The van der Waals surface area contributed by atoms with Crippen LogP contribution in [0.25, 0.3) is 0 Å². The number of aliphatic hydroxyl groups excluding tert-OH is 2. The van der Waals surface area contributed by atoms with Crippen LogP contribution in [0.3, 0.4) is 0 Å². The molecular weight excluding hydrogens is 178 g/mol. The van der Waals surface area contributed by atoms with E-state index in [9.17, 15) is 9.90 Å². The van der Waals surface area contributed by atoms with Gasteiger partial charge < -0.3 is 25.4 Å². The summed E-state index contributed by atoms with van der Waals surface area (Å²) in [5, 5.41) is 28.4. The van der Waals surface area contributed by atoms with Gasteiger partial charge in [0.05, 0.1) is 19.8 Å². The fourth-order valence-corrected chi connectivity index (χ4v) is 0.508. The van der Waals surface area contributed by atoms with Crippen LogP contribution in [-0.2, 0) is 4.74 Å². The quantitative estimate of drug-likeness (QED) is 0.423. The van der Waals surface area contributed by atoms with Crippen LogP contribution in [0, 0.1) is 0 Å². The number of alkyl carbamates (subject to hydrolysis) is 1. The summed E-state index contributed by atoms with van der Waals surface area (Å²) < 4.78 is 4.44. The third kappa shape index (κ3) is 6.32. The first-order chi connectivity index (χ1) is 6.02. The van der Waals surface area contributed by atoms with E-state index in [1.165, 1.54) is 6.92 Å². The van der Waals surface area contributed by atoms with Crippen LogP contribution in [-0.4, -0.2) is 53.4 Å². The van der Waals surface area contributed by atoms with E-state index in [2.05, 4.69) is 10.1 Å². The molecule has 1 atom stereocenters. The first-order valence-corrected chi connectivity index (χ1v) is 3.86. The van der Waals surface area contributed by atoms with Crippen molar-refractivity contribution >= 4 is 6.09 Å². The molecule has 78 valence electrons. The van der Waals surface area contributed by atoms with Crippen molar-refractivity contribution in [3.05, 3.63) is 0 Å². The van der Waals surface area contributed by atoms with Crippen molar-refractivity contribution in [1.29, 1.82) is 0 Å². The average molecular weight is 193 g/mol. The van der Waals surface area contributed by atoms with Gasteiger partial charge in [-0.15, -0.1) is 0 Å². The van der Waals surface area contributed by atoms with E-state index in [1.54, 1.807) is 0 Å². The Balaban J connectivity index is 3.57. The van der Waals surface area contributed by atoms with Crippen molar-refractivity contribution in [1.82, 2.24) is 5.32 Å². The minimum atomic E-state index is -1.35. The van der Waals surface area contributed by atoms with Crippen LogP contribution < -0.4 is 5.32 Å². The second-order valence-corrected chi connectivity index (χ2v) is 2.87. The molecule has 0 aromatic heterocycles. The topological polar surface area (TPSA) is 99.0 Å². The molecule has 13 heavy (non-hydrogen) atoms. The van der Waals surface area contributed by atoms with Gasteiger partial charge in [0.2, 0.25) is 0 Å². The Morgan fingerprint density at radius 3 is 2.62 bits per heavy atom. The zero-order chi connectivity index (χ0) is 10.3. The smallest absolute Gasteiger partial charge is 0.407 e. The van der Waals surface area contributed by atoms with Gasteiger partial charge in [0.25, 0.3) is 0 Å². The molecule has 6 heteroatoms. The molecule has 0 bridgehead atoms. The summed E-state index contributed by atoms with van der Waals surface area (Å²) in [6.45, 7) is 0.483. The molecule has 0 saturated heterocycles. The maximum Gasteiger partial charge on any atom is 0.407 e. The molecule has 4 N–H and O–H groups in total. The standard InChI is InChI=1S/C7H15NO5/c1-7(12,5-10)4-8-6(11)13-3-2-9/h9-10,12H,2-5H2,1H3,(H,8,11). The predicted molar refractivity (Wildman–Crippen MR) is 44.1 cm³/mol. The van der Waals surface area contributed by atoms with E-state index in [0.29, 0.717) is 0 Å². The molecule has 1 unspecified atom stereocenters. The van der Waals surface area contributed by atoms with Crippen LogP contribution in [0.5, 0.6) is 0 Å². The summed E-state index contributed by atoms with van der Waals surface area (Å²) in [6, 6.07) is 0. The van der Waals surface area contributed by atoms with Crippen molar-refractivity contribution in [2.24, 2.45) is 0 Å². The highest BCUT2D eigenvalue weighted by Gasteiger charge is 2.19. The molecule has 0 heterocycles. The van der Waals surface area contributed by atoms with Crippen molar-refractivity contribution < 1.29 is 24.9 Å². The van der Waals surface area contributed by atoms with E-state index in [0.717, 1.165) is 0 Å². The second-order valence-electron chi connectivity index (χ2n) is 2.87. The van der Waals surface area contributed by atoms with Crippen LogP contribution in [0.15, 0.2) is 0 Å². The van der Waals surface area contributed by atoms with E-state index in [1.807, 2.05) is 0 Å². The SMILES string of the molecule is CC(O)(CO)CNC(=O)OCCO. The van der Waals surface area contributed by atoms with Crippen LogP contribution in [0.4, 0.5) is 4.79 Å². The van der Waals surface area contributed by atoms with Gasteiger partial charge in [-0.2, -0.15) is 0 Å². The molecule has 0 spiro atoms. The number of amides is 1. The number of nitrogens with one attached hydrogen (secondary N) is 1. The van der Waals surface area contributed by atoms with Gasteiger partial charge in [-0.3, -0.25) is 0 Å². The summed E-state index contributed by atoms with van der Waals surface area (Å²) in [7, 11) is 0. The van der Waals surface area contributed by atoms with Gasteiger partial charge in [0.15, 0.2) is 0 Å². The first-order valence-electron chi connectivity index (χ1n) is 3.86. The Morgan fingerprint density at radius 2 is 2.15 bits per heavy atom. The number of rotatable bonds is 5.